The molecule has 0 spiro atoms. The molecular formula is C21H16N2O3. The Balaban J connectivity index is 1.64. The Kier molecular flexibility index (Phi) is 3.77. The van der Waals surface area contributed by atoms with Crippen LogP contribution in [0.2, 0.25) is 0 Å². The molecule has 0 bridgehead atoms. The number of benzene rings is 3. The summed E-state index contributed by atoms with van der Waals surface area (Å²) in [5.74, 6) is -1.30. The largest absolute Gasteiger partial charge is 0.324 e. The lowest BCUT2D eigenvalue weighted by Gasteiger charge is -2.26. The molecule has 0 aromatic heterocycles. The van der Waals surface area contributed by atoms with E-state index in [1.54, 1.807) is 30.3 Å². The molecule has 0 radical (unpaired) electrons. The summed E-state index contributed by atoms with van der Waals surface area (Å²) in [7, 11) is 0. The normalized spacial score (nSPS) is 13.2. The van der Waals surface area contributed by atoms with Gasteiger partial charge in [-0.3, -0.25) is 19.3 Å². The Morgan fingerprint density at radius 2 is 1.50 bits per heavy atom. The van der Waals surface area contributed by atoms with Crippen molar-refractivity contribution in [2.24, 2.45) is 0 Å². The standard InChI is InChI=1S/C21H16N2O3/c1-13-6-2-3-11-17(13)22-18(24)12-23-20(25)15-9-4-7-14-8-5-10-16(19(14)15)21(23)26/h2-11H,12H2,1H3,(H,22,24). The lowest BCUT2D eigenvalue weighted by molar-refractivity contribution is -0.116. The summed E-state index contributed by atoms with van der Waals surface area (Å²) in [6.45, 7) is 1.56. The number of nitrogens with one attached hydrogen (secondary N) is 1. The Bertz CT molecular complexity index is 1020. The van der Waals surface area contributed by atoms with Crippen LogP contribution in [0, 0.1) is 6.92 Å². The number of carbonyl (C=O) groups is 3. The first-order valence-electron chi connectivity index (χ1n) is 8.29. The highest BCUT2D eigenvalue weighted by Gasteiger charge is 2.33. The summed E-state index contributed by atoms with van der Waals surface area (Å²) >= 11 is 0. The van der Waals surface area contributed by atoms with Gasteiger partial charge >= 0.3 is 0 Å². The SMILES string of the molecule is Cc1ccccc1NC(=O)CN1C(=O)c2cccc3cccc(c23)C1=O. The highest BCUT2D eigenvalue weighted by atomic mass is 16.2. The first-order chi connectivity index (χ1) is 12.6. The third kappa shape index (κ3) is 2.54. The smallest absolute Gasteiger partial charge is 0.261 e. The number of imide groups is 1. The molecule has 0 aliphatic carbocycles. The fourth-order valence-corrected chi connectivity index (χ4v) is 3.27. The van der Waals surface area contributed by atoms with Crippen LogP contribution < -0.4 is 5.32 Å². The minimum Gasteiger partial charge on any atom is -0.324 e. The molecule has 1 aliphatic heterocycles. The van der Waals surface area contributed by atoms with Gasteiger partial charge in [0.1, 0.15) is 6.54 Å². The fourth-order valence-electron chi connectivity index (χ4n) is 3.27. The molecule has 3 amide bonds. The van der Waals surface area contributed by atoms with Crippen LogP contribution in [0.5, 0.6) is 0 Å². The van der Waals surface area contributed by atoms with Gasteiger partial charge in [-0.25, -0.2) is 0 Å². The molecule has 3 aromatic carbocycles. The van der Waals surface area contributed by atoms with Crippen molar-refractivity contribution >= 4 is 34.2 Å². The molecule has 0 saturated carbocycles. The van der Waals surface area contributed by atoms with Gasteiger partial charge in [-0.2, -0.15) is 0 Å². The fraction of sp³-hybridized carbons (Fsp3) is 0.0952. The molecule has 5 nitrogen and oxygen atoms in total. The van der Waals surface area contributed by atoms with Crippen molar-refractivity contribution in [2.45, 2.75) is 6.92 Å². The summed E-state index contributed by atoms with van der Waals surface area (Å²) in [6.07, 6.45) is 0. The number of hydrogen-bond donors (Lipinski definition) is 1. The Labute approximate surface area is 150 Å². The van der Waals surface area contributed by atoms with Crippen molar-refractivity contribution in [1.82, 2.24) is 4.90 Å². The average molecular weight is 344 g/mol. The highest BCUT2D eigenvalue weighted by molar-refractivity contribution is 6.26. The molecule has 1 aliphatic rings. The maximum absolute atomic E-state index is 12.8. The van der Waals surface area contributed by atoms with Gasteiger partial charge < -0.3 is 5.32 Å². The molecule has 1 N–H and O–H groups in total. The number of para-hydroxylation sites is 1. The molecule has 0 unspecified atom stereocenters. The Morgan fingerprint density at radius 3 is 2.12 bits per heavy atom. The van der Waals surface area contributed by atoms with Gasteiger partial charge in [-0.15, -0.1) is 0 Å². The topological polar surface area (TPSA) is 66.5 Å². The first-order valence-corrected chi connectivity index (χ1v) is 8.29. The van der Waals surface area contributed by atoms with Crippen LogP contribution in [0.15, 0.2) is 60.7 Å². The van der Waals surface area contributed by atoms with Crippen LogP contribution >= 0.6 is 0 Å². The van der Waals surface area contributed by atoms with E-state index in [9.17, 15) is 14.4 Å². The van der Waals surface area contributed by atoms with Crippen LogP contribution in [0.3, 0.4) is 0 Å². The number of nitrogens with zero attached hydrogens (tertiary/aromatic N) is 1. The van der Waals surface area contributed by atoms with E-state index in [1.807, 2.05) is 37.3 Å². The summed E-state index contributed by atoms with van der Waals surface area (Å²) in [4.78, 5) is 39.0. The Morgan fingerprint density at radius 1 is 0.885 bits per heavy atom. The second-order valence-electron chi connectivity index (χ2n) is 6.27. The molecule has 1 heterocycles. The predicted octanol–water partition coefficient (Wildman–Crippen LogP) is 3.38. The number of carbonyl (C=O) groups excluding carboxylic acids is 3. The van der Waals surface area contributed by atoms with Gasteiger partial charge in [0.2, 0.25) is 5.91 Å². The third-order valence-electron chi connectivity index (χ3n) is 4.58. The van der Waals surface area contributed by atoms with E-state index in [4.69, 9.17) is 0 Å². The lowest BCUT2D eigenvalue weighted by Crippen LogP contribution is -2.44. The molecule has 128 valence electrons. The van der Waals surface area contributed by atoms with Crippen molar-refractivity contribution in [3.8, 4) is 0 Å². The van der Waals surface area contributed by atoms with Crippen molar-refractivity contribution in [3.63, 3.8) is 0 Å². The first kappa shape index (κ1) is 16.0. The van der Waals surface area contributed by atoms with Crippen LogP contribution in [-0.4, -0.2) is 29.2 Å². The minimum absolute atomic E-state index is 0.323. The van der Waals surface area contributed by atoms with Gasteiger partial charge in [0.15, 0.2) is 0 Å². The van der Waals surface area contributed by atoms with Gasteiger partial charge in [0.05, 0.1) is 0 Å². The maximum atomic E-state index is 12.8. The molecule has 26 heavy (non-hydrogen) atoms. The zero-order chi connectivity index (χ0) is 18.3. The van der Waals surface area contributed by atoms with Gasteiger partial charge in [0, 0.05) is 22.2 Å². The molecule has 4 rings (SSSR count). The van der Waals surface area contributed by atoms with E-state index < -0.39 is 17.7 Å². The second-order valence-corrected chi connectivity index (χ2v) is 6.27. The lowest BCUT2D eigenvalue weighted by atomic mass is 9.94. The summed E-state index contributed by atoms with van der Waals surface area (Å²) in [6, 6.07) is 18.0. The predicted molar refractivity (Wildman–Crippen MR) is 99.1 cm³/mol. The van der Waals surface area contributed by atoms with Crippen molar-refractivity contribution in [1.29, 1.82) is 0 Å². The van der Waals surface area contributed by atoms with Crippen LogP contribution in [-0.2, 0) is 4.79 Å². The number of aryl methyl sites for hydroxylation is 1. The maximum Gasteiger partial charge on any atom is 0.261 e. The molecule has 5 heteroatoms. The zero-order valence-corrected chi connectivity index (χ0v) is 14.2. The Hall–Kier alpha value is -3.47. The minimum atomic E-state index is -0.445. The third-order valence-corrected chi connectivity index (χ3v) is 4.58. The van der Waals surface area contributed by atoms with Crippen LogP contribution in [0.1, 0.15) is 26.3 Å². The van der Waals surface area contributed by atoms with E-state index in [0.29, 0.717) is 22.2 Å². The molecular weight excluding hydrogens is 328 g/mol. The molecule has 0 saturated heterocycles. The summed E-state index contributed by atoms with van der Waals surface area (Å²) in [5.41, 5.74) is 2.46. The van der Waals surface area contributed by atoms with E-state index in [1.165, 1.54) is 0 Å². The van der Waals surface area contributed by atoms with Crippen molar-refractivity contribution < 1.29 is 14.4 Å². The zero-order valence-electron chi connectivity index (χ0n) is 14.2. The van der Waals surface area contributed by atoms with Gasteiger partial charge in [0.25, 0.3) is 11.8 Å². The van der Waals surface area contributed by atoms with E-state index >= 15 is 0 Å². The van der Waals surface area contributed by atoms with Gasteiger partial charge in [-0.05, 0) is 36.1 Å². The van der Waals surface area contributed by atoms with Crippen LogP contribution in [0.4, 0.5) is 5.69 Å². The summed E-state index contributed by atoms with van der Waals surface area (Å²) < 4.78 is 0. The van der Waals surface area contributed by atoms with E-state index in [0.717, 1.165) is 15.8 Å². The number of hydrogen-bond acceptors (Lipinski definition) is 3. The molecule has 0 fully saturated rings. The van der Waals surface area contributed by atoms with E-state index in [2.05, 4.69) is 5.32 Å². The molecule has 0 atom stereocenters. The number of amides is 3. The number of rotatable bonds is 3. The summed E-state index contributed by atoms with van der Waals surface area (Å²) in [5, 5.41) is 4.25. The average Bonchev–Trinajstić information content (AvgIpc) is 2.65. The second kappa shape index (κ2) is 6.11. The van der Waals surface area contributed by atoms with E-state index in [-0.39, 0.29) is 6.54 Å². The quantitative estimate of drug-likeness (QED) is 0.741. The highest BCUT2D eigenvalue weighted by Crippen LogP contribution is 2.29. The van der Waals surface area contributed by atoms with Gasteiger partial charge in [-0.1, -0.05) is 42.5 Å². The number of anilines is 1. The van der Waals surface area contributed by atoms with Crippen LogP contribution in [0.25, 0.3) is 10.8 Å². The van der Waals surface area contributed by atoms with Crippen molar-refractivity contribution in [2.75, 3.05) is 11.9 Å². The monoisotopic (exact) mass is 344 g/mol. The van der Waals surface area contributed by atoms with Crippen molar-refractivity contribution in [3.05, 3.63) is 77.4 Å². The molecule has 3 aromatic rings.